The van der Waals surface area contributed by atoms with E-state index in [4.69, 9.17) is 4.74 Å². The lowest BCUT2D eigenvalue weighted by Crippen LogP contribution is -2.01. The van der Waals surface area contributed by atoms with Crippen LogP contribution in [0.4, 0.5) is 0 Å². The van der Waals surface area contributed by atoms with Gasteiger partial charge in [0.05, 0.1) is 12.0 Å². The molecule has 0 saturated carbocycles. The smallest absolute Gasteiger partial charge is 0.204 e. The van der Waals surface area contributed by atoms with Crippen LogP contribution < -0.4 is 4.74 Å². The summed E-state index contributed by atoms with van der Waals surface area (Å²) in [5.74, 6) is 0.716. The minimum absolute atomic E-state index is 0.00102. The predicted octanol–water partition coefficient (Wildman–Crippen LogP) is 2.69. The average molecular weight is 233 g/mol. The minimum atomic E-state index is -0.00102. The standard InChI is InChI=1S/C12H11NO2S/c1-8-3-4-13-6-10(8)12(14)11-5-9(15-2)7-16-11/h3-7H,1-2H3. The quantitative estimate of drug-likeness (QED) is 0.765. The van der Waals surface area contributed by atoms with Crippen LogP contribution in [0, 0.1) is 6.92 Å². The number of ether oxygens (including phenoxy) is 1. The number of pyridine rings is 1. The van der Waals surface area contributed by atoms with Crippen molar-refractivity contribution in [2.75, 3.05) is 7.11 Å². The minimum Gasteiger partial charge on any atom is -0.496 e. The predicted molar refractivity (Wildman–Crippen MR) is 63.3 cm³/mol. The summed E-state index contributed by atoms with van der Waals surface area (Å²) in [6.45, 7) is 1.90. The van der Waals surface area contributed by atoms with E-state index in [2.05, 4.69) is 4.98 Å². The molecule has 0 bridgehead atoms. The molecule has 0 fully saturated rings. The van der Waals surface area contributed by atoms with Crippen LogP contribution in [0.25, 0.3) is 0 Å². The van der Waals surface area contributed by atoms with Crippen LogP contribution >= 0.6 is 11.3 Å². The molecule has 4 heteroatoms. The monoisotopic (exact) mass is 233 g/mol. The lowest BCUT2D eigenvalue weighted by Gasteiger charge is -2.00. The van der Waals surface area contributed by atoms with Gasteiger partial charge in [-0.25, -0.2) is 0 Å². The van der Waals surface area contributed by atoms with Gasteiger partial charge in [-0.3, -0.25) is 9.78 Å². The number of carbonyl (C=O) groups is 1. The van der Waals surface area contributed by atoms with Gasteiger partial charge in [-0.1, -0.05) is 0 Å². The molecule has 2 aromatic rings. The number of nitrogens with zero attached hydrogens (tertiary/aromatic N) is 1. The van der Waals surface area contributed by atoms with E-state index < -0.39 is 0 Å². The molecule has 2 heterocycles. The maximum atomic E-state index is 12.1. The fraction of sp³-hybridized carbons (Fsp3) is 0.167. The second kappa shape index (κ2) is 4.45. The second-order valence-corrected chi connectivity index (χ2v) is 4.28. The van der Waals surface area contributed by atoms with Crippen molar-refractivity contribution in [2.24, 2.45) is 0 Å². The fourth-order valence-corrected chi connectivity index (χ4v) is 2.19. The number of hydrogen-bond donors (Lipinski definition) is 0. The van der Waals surface area contributed by atoms with E-state index in [1.54, 1.807) is 25.6 Å². The van der Waals surface area contributed by atoms with Gasteiger partial charge in [0, 0.05) is 29.4 Å². The van der Waals surface area contributed by atoms with E-state index in [0.29, 0.717) is 10.4 Å². The maximum Gasteiger partial charge on any atom is 0.204 e. The van der Waals surface area contributed by atoms with Crippen LogP contribution in [0.15, 0.2) is 29.9 Å². The third kappa shape index (κ3) is 1.97. The van der Waals surface area contributed by atoms with E-state index in [-0.39, 0.29) is 5.78 Å². The van der Waals surface area contributed by atoms with E-state index >= 15 is 0 Å². The van der Waals surface area contributed by atoms with E-state index in [1.165, 1.54) is 11.3 Å². The van der Waals surface area contributed by atoms with Crippen LogP contribution in [0.1, 0.15) is 20.8 Å². The summed E-state index contributed by atoms with van der Waals surface area (Å²) in [5, 5.41) is 1.82. The van der Waals surface area contributed by atoms with Gasteiger partial charge in [0.2, 0.25) is 5.78 Å². The Labute approximate surface area is 97.7 Å². The zero-order valence-electron chi connectivity index (χ0n) is 9.06. The van der Waals surface area contributed by atoms with Gasteiger partial charge in [0.15, 0.2) is 0 Å². The first kappa shape index (κ1) is 10.8. The number of ketones is 1. The van der Waals surface area contributed by atoms with Crippen molar-refractivity contribution >= 4 is 17.1 Å². The molecule has 0 aliphatic rings. The molecule has 16 heavy (non-hydrogen) atoms. The third-order valence-electron chi connectivity index (χ3n) is 2.32. The van der Waals surface area contributed by atoms with Gasteiger partial charge in [0.25, 0.3) is 0 Å². The number of carbonyl (C=O) groups excluding carboxylic acids is 1. The van der Waals surface area contributed by atoms with Crippen LogP contribution in [-0.2, 0) is 0 Å². The lowest BCUT2D eigenvalue weighted by molar-refractivity contribution is 0.104. The molecular weight excluding hydrogens is 222 g/mol. The first-order valence-electron chi connectivity index (χ1n) is 4.80. The Hall–Kier alpha value is -1.68. The molecule has 2 aromatic heterocycles. The summed E-state index contributed by atoms with van der Waals surface area (Å²) in [4.78, 5) is 16.8. The largest absolute Gasteiger partial charge is 0.496 e. The Morgan fingerprint density at radius 1 is 1.50 bits per heavy atom. The molecule has 0 saturated heterocycles. The van der Waals surface area contributed by atoms with Gasteiger partial charge in [-0.15, -0.1) is 11.3 Å². The summed E-state index contributed by atoms with van der Waals surface area (Å²) in [6.07, 6.45) is 3.28. The number of rotatable bonds is 3. The molecule has 82 valence electrons. The first-order valence-corrected chi connectivity index (χ1v) is 5.68. The summed E-state index contributed by atoms with van der Waals surface area (Å²) < 4.78 is 5.05. The number of thiophene rings is 1. The molecule has 0 unspecified atom stereocenters. The molecule has 0 amide bonds. The molecule has 0 radical (unpaired) electrons. The van der Waals surface area contributed by atoms with Crippen molar-refractivity contribution in [1.82, 2.24) is 4.98 Å². The topological polar surface area (TPSA) is 39.2 Å². The molecule has 3 nitrogen and oxygen atoms in total. The normalized spacial score (nSPS) is 10.1. The van der Waals surface area contributed by atoms with Gasteiger partial charge in [-0.2, -0.15) is 0 Å². The first-order chi connectivity index (χ1) is 7.72. The van der Waals surface area contributed by atoms with Crippen LogP contribution in [-0.4, -0.2) is 17.9 Å². The van der Waals surface area contributed by atoms with Crippen LogP contribution in [0.2, 0.25) is 0 Å². The summed E-state index contributed by atoms with van der Waals surface area (Å²) >= 11 is 1.38. The van der Waals surface area contributed by atoms with Gasteiger partial charge in [0.1, 0.15) is 5.75 Å². The SMILES string of the molecule is COc1csc(C(=O)c2cnccc2C)c1. The molecule has 0 aromatic carbocycles. The maximum absolute atomic E-state index is 12.1. The number of methoxy groups -OCH3 is 1. The van der Waals surface area contributed by atoms with Gasteiger partial charge < -0.3 is 4.74 Å². The summed E-state index contributed by atoms with van der Waals surface area (Å²) in [5.41, 5.74) is 1.58. The van der Waals surface area contributed by atoms with E-state index in [0.717, 1.165) is 11.3 Å². The number of hydrogen-bond acceptors (Lipinski definition) is 4. The number of aryl methyl sites for hydroxylation is 1. The fourth-order valence-electron chi connectivity index (χ4n) is 1.38. The van der Waals surface area contributed by atoms with Crippen LogP contribution in [0.3, 0.4) is 0 Å². The molecule has 2 rings (SSSR count). The van der Waals surface area contributed by atoms with E-state index in [1.807, 2.05) is 18.4 Å². The number of aromatic nitrogens is 1. The van der Waals surface area contributed by atoms with Crippen molar-refractivity contribution in [3.8, 4) is 5.75 Å². The van der Waals surface area contributed by atoms with Crippen molar-refractivity contribution < 1.29 is 9.53 Å². The summed E-state index contributed by atoms with van der Waals surface area (Å²) in [6, 6.07) is 3.58. The Morgan fingerprint density at radius 2 is 2.31 bits per heavy atom. The van der Waals surface area contributed by atoms with Crippen LogP contribution in [0.5, 0.6) is 5.75 Å². The Kier molecular flexibility index (Phi) is 3.01. The third-order valence-corrected chi connectivity index (χ3v) is 3.23. The average Bonchev–Trinajstić information content (AvgIpc) is 2.77. The van der Waals surface area contributed by atoms with Gasteiger partial charge in [-0.05, 0) is 18.6 Å². The lowest BCUT2D eigenvalue weighted by atomic mass is 10.1. The highest BCUT2D eigenvalue weighted by Gasteiger charge is 2.14. The molecule has 0 aliphatic carbocycles. The Balaban J connectivity index is 2.35. The van der Waals surface area contributed by atoms with Crippen molar-refractivity contribution in [1.29, 1.82) is 0 Å². The summed E-state index contributed by atoms with van der Waals surface area (Å²) in [7, 11) is 1.59. The molecule has 0 atom stereocenters. The Bertz CT molecular complexity index is 519. The molecule has 0 spiro atoms. The second-order valence-electron chi connectivity index (χ2n) is 3.37. The highest BCUT2D eigenvalue weighted by Crippen LogP contribution is 2.24. The zero-order chi connectivity index (χ0) is 11.5. The zero-order valence-corrected chi connectivity index (χ0v) is 9.88. The highest BCUT2D eigenvalue weighted by atomic mass is 32.1. The van der Waals surface area contributed by atoms with E-state index in [9.17, 15) is 4.79 Å². The van der Waals surface area contributed by atoms with Crippen molar-refractivity contribution in [3.05, 3.63) is 45.9 Å². The molecule has 0 aliphatic heterocycles. The Morgan fingerprint density at radius 3 is 2.94 bits per heavy atom. The van der Waals surface area contributed by atoms with Crippen molar-refractivity contribution in [2.45, 2.75) is 6.92 Å². The molecule has 0 N–H and O–H groups in total. The van der Waals surface area contributed by atoms with Crippen molar-refractivity contribution in [3.63, 3.8) is 0 Å². The van der Waals surface area contributed by atoms with Gasteiger partial charge >= 0.3 is 0 Å². The molecular formula is C12H11NO2S. The highest BCUT2D eigenvalue weighted by molar-refractivity contribution is 7.12.